The van der Waals surface area contributed by atoms with Crippen LogP contribution in [-0.2, 0) is 26.0 Å². The van der Waals surface area contributed by atoms with Gasteiger partial charge in [0, 0.05) is 55.8 Å². The number of para-hydroxylation sites is 1. The maximum atomic E-state index is 13.2. The third-order valence-corrected chi connectivity index (χ3v) is 16.7. The van der Waals surface area contributed by atoms with Gasteiger partial charge in [0.05, 0.1) is 33.8 Å². The zero-order valence-electron chi connectivity index (χ0n) is 39.1. The van der Waals surface area contributed by atoms with Crippen molar-refractivity contribution in [2.75, 3.05) is 61.3 Å². The Balaban J connectivity index is 0.760. The summed E-state index contributed by atoms with van der Waals surface area (Å²) >= 11 is 6.55. The van der Waals surface area contributed by atoms with Crippen LogP contribution in [0.15, 0.2) is 65.7 Å². The highest BCUT2D eigenvalue weighted by Gasteiger charge is 2.40. The summed E-state index contributed by atoms with van der Waals surface area (Å²) in [6.45, 7) is 17.3. The number of likely N-dealkylation sites (tertiary alicyclic amines) is 2. The van der Waals surface area contributed by atoms with Gasteiger partial charge < -0.3 is 35.0 Å². The Morgan fingerprint density at radius 2 is 1.64 bits per heavy atom. The molecule has 4 aromatic rings. The summed E-state index contributed by atoms with van der Waals surface area (Å²) < 4.78 is 32.6. The normalized spacial score (nSPS) is 20.4. The molecule has 5 aliphatic heterocycles. The molecule has 4 fully saturated rings. The van der Waals surface area contributed by atoms with Gasteiger partial charge in [-0.3, -0.25) is 19.7 Å². The van der Waals surface area contributed by atoms with E-state index in [0.717, 1.165) is 81.3 Å². The largest absolute Gasteiger partial charge is 0.489 e. The number of aromatic nitrogens is 2. The minimum absolute atomic E-state index is 0.0609. The Morgan fingerprint density at radius 1 is 0.896 bits per heavy atom. The van der Waals surface area contributed by atoms with Crippen LogP contribution in [0.2, 0.25) is 5.02 Å². The second kappa shape index (κ2) is 19.4. The first-order valence-corrected chi connectivity index (χ1v) is 25.7. The van der Waals surface area contributed by atoms with E-state index >= 15 is 0 Å². The summed E-state index contributed by atoms with van der Waals surface area (Å²) in [4.78, 5) is 56.0. The highest BCUT2D eigenvalue weighted by molar-refractivity contribution is 7.92. The number of hydrogen-bond acceptors (Lipinski definition) is 13. The molecule has 0 saturated carbocycles. The van der Waals surface area contributed by atoms with Crippen molar-refractivity contribution in [3.8, 4) is 5.75 Å². The maximum absolute atomic E-state index is 13.2. The third kappa shape index (κ3) is 9.99. The van der Waals surface area contributed by atoms with Gasteiger partial charge in [0.25, 0.3) is 5.91 Å². The number of benzene rings is 3. The van der Waals surface area contributed by atoms with Crippen LogP contribution in [0.5, 0.6) is 5.75 Å². The summed E-state index contributed by atoms with van der Waals surface area (Å²) in [6.07, 6.45) is 6.59. The Kier molecular flexibility index (Phi) is 13.5. The zero-order valence-corrected chi connectivity index (χ0v) is 40.6. The van der Waals surface area contributed by atoms with Gasteiger partial charge >= 0.3 is 0 Å². The first-order valence-electron chi connectivity index (χ1n) is 23.8. The van der Waals surface area contributed by atoms with Crippen molar-refractivity contribution in [3.63, 3.8) is 0 Å². The summed E-state index contributed by atoms with van der Waals surface area (Å²) in [6, 6.07) is 17.1. The van der Waals surface area contributed by atoms with E-state index in [0.29, 0.717) is 48.0 Å². The molecular formula is C50H62ClN9O6S. The van der Waals surface area contributed by atoms with Crippen molar-refractivity contribution in [2.24, 2.45) is 5.92 Å². The summed E-state index contributed by atoms with van der Waals surface area (Å²) in [7, 11) is -3.57. The van der Waals surface area contributed by atoms with Gasteiger partial charge in [-0.2, -0.15) is 4.98 Å². The smallest absolute Gasteiger partial charge is 0.255 e. The number of carbonyl (C=O) groups is 3. The van der Waals surface area contributed by atoms with Gasteiger partial charge in [-0.25, -0.2) is 13.4 Å². The molecule has 6 heterocycles. The molecule has 0 spiro atoms. The second-order valence-corrected chi connectivity index (χ2v) is 22.3. The van der Waals surface area contributed by atoms with Crippen LogP contribution in [0.4, 0.5) is 28.8 Å². The van der Waals surface area contributed by atoms with Gasteiger partial charge in [0.15, 0.2) is 15.7 Å². The highest BCUT2D eigenvalue weighted by atomic mass is 35.5. The predicted molar refractivity (Wildman–Crippen MR) is 261 cm³/mol. The Bertz CT molecular complexity index is 2640. The average molecular weight is 953 g/mol. The maximum Gasteiger partial charge on any atom is 0.255 e. The lowest BCUT2D eigenvalue weighted by molar-refractivity contribution is -0.136. The minimum Gasteiger partial charge on any atom is -0.489 e. The van der Waals surface area contributed by atoms with Crippen LogP contribution < -0.4 is 25.6 Å². The van der Waals surface area contributed by atoms with Crippen LogP contribution in [0.25, 0.3) is 0 Å². The van der Waals surface area contributed by atoms with Crippen LogP contribution in [-0.4, -0.2) is 120 Å². The number of hydrogen-bond donors (Lipinski definition) is 3. The molecule has 4 saturated heterocycles. The number of piperidine rings is 3. The number of sulfone groups is 1. The number of amides is 3. The van der Waals surface area contributed by atoms with E-state index in [-0.39, 0.29) is 46.0 Å². The molecule has 5 aliphatic rings. The van der Waals surface area contributed by atoms with Crippen molar-refractivity contribution < 1.29 is 27.5 Å². The fourth-order valence-electron chi connectivity index (χ4n) is 10.5. The van der Waals surface area contributed by atoms with Gasteiger partial charge in [0.1, 0.15) is 16.8 Å². The lowest BCUT2D eigenvalue weighted by Crippen LogP contribution is -2.54. The number of ether oxygens (including phenoxy) is 1. The van der Waals surface area contributed by atoms with E-state index in [1.807, 2.05) is 26.0 Å². The SMILES string of the molecule is Cc1cc(Nc2ncc(Cl)c(Nc3ccccc3S(=O)(=O)C(C)C)n2)c(OC(C)C)cc1C1CCN(C2CCN(CC3CN(c4ccc5c(c4)CN(C4CCC(=O)NC4=O)C5=O)C3)CC2)CC1. The minimum atomic E-state index is -3.57. The van der Waals surface area contributed by atoms with Gasteiger partial charge in [-0.1, -0.05) is 23.7 Å². The standard InChI is InChI=1S/C50H62ClN9O6S/c1-30(2)66-44-24-39(32(5)22-42(44)54-50-52-25-40(51)47(56-50)53-41-8-6-7-9-45(41)67(64,65)31(3)4)34-14-20-58(21-15-34)36-16-18-57(19-17-36)26-33-27-59(28-33)37-10-11-38-35(23-37)29-60(49(38)63)43-12-13-46(61)55-48(43)62/h6-11,22-25,30-31,33-34,36,43H,12-21,26-29H2,1-5H3,(H,55,61,62)(H2,52,53,54,56). The van der Waals surface area contributed by atoms with E-state index in [1.54, 1.807) is 43.0 Å². The van der Waals surface area contributed by atoms with Crippen molar-refractivity contribution in [3.05, 3.63) is 88.1 Å². The first-order chi connectivity index (χ1) is 32.1. The molecule has 15 nitrogen and oxygen atoms in total. The predicted octanol–water partition coefficient (Wildman–Crippen LogP) is 7.44. The zero-order chi connectivity index (χ0) is 47.1. The van der Waals surface area contributed by atoms with Crippen molar-refractivity contribution in [1.82, 2.24) is 30.0 Å². The van der Waals surface area contributed by atoms with Crippen LogP contribution in [0, 0.1) is 12.8 Å². The van der Waals surface area contributed by atoms with E-state index in [1.165, 1.54) is 30.2 Å². The Hall–Kier alpha value is -5.29. The molecule has 1 atom stereocenters. The molecule has 0 bridgehead atoms. The number of rotatable bonds is 14. The number of fused-ring (bicyclic) bond motifs is 1. The van der Waals surface area contributed by atoms with Crippen molar-refractivity contribution in [2.45, 2.75) is 114 Å². The number of nitrogens with one attached hydrogen (secondary N) is 3. The molecular weight excluding hydrogens is 890 g/mol. The molecule has 356 valence electrons. The summed E-state index contributed by atoms with van der Waals surface area (Å²) in [5.74, 6) is 1.54. The highest BCUT2D eigenvalue weighted by Crippen LogP contribution is 2.40. The molecule has 3 N–H and O–H groups in total. The molecule has 1 unspecified atom stereocenters. The summed E-state index contributed by atoms with van der Waals surface area (Å²) in [5.41, 5.74) is 6.33. The van der Waals surface area contributed by atoms with E-state index in [9.17, 15) is 22.8 Å². The lowest BCUT2D eigenvalue weighted by atomic mass is 9.85. The number of carbonyl (C=O) groups excluding carboxylic acids is 3. The van der Waals surface area contributed by atoms with Crippen molar-refractivity contribution >= 4 is 68.0 Å². The topological polar surface area (TPSA) is 169 Å². The molecule has 17 heteroatoms. The molecule has 0 aliphatic carbocycles. The van der Waals surface area contributed by atoms with Crippen LogP contribution in [0.3, 0.4) is 0 Å². The van der Waals surface area contributed by atoms with Gasteiger partial charge in [0.2, 0.25) is 17.8 Å². The molecule has 9 rings (SSSR count). The molecule has 3 aromatic carbocycles. The quantitative estimate of drug-likeness (QED) is 0.107. The van der Waals surface area contributed by atoms with Gasteiger partial charge in [-0.05, 0) is 158 Å². The number of nitrogens with zero attached hydrogens (tertiary/aromatic N) is 6. The summed E-state index contributed by atoms with van der Waals surface area (Å²) in [5, 5.41) is 8.54. The van der Waals surface area contributed by atoms with Gasteiger partial charge in [-0.15, -0.1) is 0 Å². The van der Waals surface area contributed by atoms with E-state index in [4.69, 9.17) is 16.3 Å². The first kappa shape index (κ1) is 46.8. The van der Waals surface area contributed by atoms with Crippen LogP contribution in [0.1, 0.15) is 99.2 Å². The Morgan fingerprint density at radius 3 is 2.36 bits per heavy atom. The number of aryl methyl sites for hydroxylation is 1. The second-order valence-electron chi connectivity index (χ2n) is 19.5. The van der Waals surface area contributed by atoms with E-state index in [2.05, 4.69) is 65.7 Å². The Labute approximate surface area is 398 Å². The molecule has 1 aromatic heterocycles. The fraction of sp³-hybridized carbons (Fsp3) is 0.500. The average Bonchev–Trinajstić information content (AvgIpc) is 3.61. The number of imide groups is 1. The number of anilines is 5. The third-order valence-electron chi connectivity index (χ3n) is 14.2. The monoisotopic (exact) mass is 951 g/mol. The van der Waals surface area contributed by atoms with E-state index < -0.39 is 21.1 Å². The molecule has 3 amide bonds. The van der Waals surface area contributed by atoms with Crippen molar-refractivity contribution in [1.29, 1.82) is 0 Å². The molecule has 0 radical (unpaired) electrons. The number of halogens is 1. The fourth-order valence-corrected chi connectivity index (χ4v) is 11.8. The lowest BCUT2D eigenvalue weighted by Gasteiger charge is -2.46. The van der Waals surface area contributed by atoms with Crippen LogP contribution >= 0.6 is 11.6 Å². The molecule has 67 heavy (non-hydrogen) atoms.